The van der Waals surface area contributed by atoms with Crippen molar-refractivity contribution >= 4 is 5.97 Å². The molecule has 9 heteroatoms. The van der Waals surface area contributed by atoms with Gasteiger partial charge in [-0.25, -0.2) is 0 Å². The van der Waals surface area contributed by atoms with Crippen LogP contribution in [0.25, 0.3) is 0 Å². The first-order valence-corrected chi connectivity index (χ1v) is 13.2. The predicted molar refractivity (Wildman–Crippen MR) is 123 cm³/mol. The first-order chi connectivity index (χ1) is 16.2. The van der Waals surface area contributed by atoms with E-state index in [-0.39, 0.29) is 22.7 Å². The number of ether oxygens (including phenoxy) is 2. The van der Waals surface area contributed by atoms with Crippen LogP contribution in [-0.2, 0) is 14.3 Å². The zero-order valence-corrected chi connectivity index (χ0v) is 21.0. The number of aliphatic hydroxyl groups excluding tert-OH is 4. The second kappa shape index (κ2) is 8.09. The lowest BCUT2D eigenvalue weighted by Crippen LogP contribution is -2.62. The van der Waals surface area contributed by atoms with Crippen molar-refractivity contribution in [2.75, 3.05) is 6.61 Å². The molecule has 0 aromatic rings. The molecule has 0 aromatic heterocycles. The van der Waals surface area contributed by atoms with E-state index in [0.717, 1.165) is 32.1 Å². The van der Waals surface area contributed by atoms with E-state index < -0.39 is 59.9 Å². The molecule has 0 amide bonds. The standard InChI is InChI=1S/C26H42O9/c1-22-7-4-8-23(2,21(31)35-20-19(30)18(29)17(28)14(11-27)34-20)15(22)5-9-25-12-24(3,32)26(33,13-25)10-6-16(22)25/h14-20,27-30,32-33H,4-13H2,1-3H3/t14?,15-,16-,17?,18?,19?,20?,22+,23+,24+,25+,26?/m0/s1. The Morgan fingerprint density at radius 3 is 2.29 bits per heavy atom. The van der Waals surface area contributed by atoms with Crippen molar-refractivity contribution in [3.05, 3.63) is 0 Å². The Labute approximate surface area is 206 Å². The van der Waals surface area contributed by atoms with Crippen LogP contribution in [0.3, 0.4) is 0 Å². The summed E-state index contributed by atoms with van der Waals surface area (Å²) in [5.74, 6) is -0.198. The molecule has 200 valence electrons. The van der Waals surface area contributed by atoms with E-state index in [1.807, 2.05) is 6.92 Å². The smallest absolute Gasteiger partial charge is 0.314 e. The highest BCUT2D eigenvalue weighted by Crippen LogP contribution is 2.73. The SMILES string of the molecule is C[C@@]12CCC[C@@](C)(C(=O)OC3OC(CO)C(O)C(O)C3O)[C@H]1CC[C@@]13CC(O)(CC[C@H]12)[C@](C)(O)C3. The first kappa shape index (κ1) is 25.8. The van der Waals surface area contributed by atoms with E-state index in [4.69, 9.17) is 9.47 Å². The molecular formula is C26H42O9. The molecule has 1 aliphatic heterocycles. The van der Waals surface area contributed by atoms with E-state index in [0.29, 0.717) is 25.7 Å². The molecule has 0 aromatic carbocycles. The molecule has 2 bridgehead atoms. The molecule has 9 nitrogen and oxygen atoms in total. The zero-order valence-electron chi connectivity index (χ0n) is 21.0. The average molecular weight is 499 g/mol. The third kappa shape index (κ3) is 3.49. The summed E-state index contributed by atoms with van der Waals surface area (Å²) in [5.41, 5.74) is -3.29. The molecule has 6 N–H and O–H groups in total. The van der Waals surface area contributed by atoms with Gasteiger partial charge in [0, 0.05) is 0 Å². The Bertz CT molecular complexity index is 858. The van der Waals surface area contributed by atoms with Gasteiger partial charge in [0.2, 0.25) is 6.29 Å². The molecule has 5 rings (SSSR count). The summed E-state index contributed by atoms with van der Waals surface area (Å²) in [5, 5.41) is 62.3. The van der Waals surface area contributed by atoms with Gasteiger partial charge in [-0.05, 0) is 87.9 Å². The normalized spacial score (nSPS) is 57.8. The molecule has 5 aliphatic rings. The second-order valence-corrected chi connectivity index (χ2v) is 13.1. The van der Waals surface area contributed by atoms with Crippen LogP contribution in [0.15, 0.2) is 0 Å². The molecule has 4 saturated carbocycles. The van der Waals surface area contributed by atoms with E-state index in [1.54, 1.807) is 6.92 Å². The van der Waals surface area contributed by atoms with Gasteiger partial charge < -0.3 is 40.1 Å². The van der Waals surface area contributed by atoms with Gasteiger partial charge >= 0.3 is 5.97 Å². The number of esters is 1. The number of carbonyl (C=O) groups excluding carboxylic acids is 1. The maximum Gasteiger partial charge on any atom is 0.314 e. The van der Waals surface area contributed by atoms with Crippen molar-refractivity contribution in [3.8, 4) is 0 Å². The van der Waals surface area contributed by atoms with E-state index in [9.17, 15) is 35.4 Å². The van der Waals surface area contributed by atoms with Crippen molar-refractivity contribution in [1.82, 2.24) is 0 Å². The summed E-state index contributed by atoms with van der Waals surface area (Å²) < 4.78 is 11.1. The quantitative estimate of drug-likeness (QED) is 0.307. The molecule has 1 heterocycles. The van der Waals surface area contributed by atoms with Crippen molar-refractivity contribution < 1.29 is 44.9 Å². The second-order valence-electron chi connectivity index (χ2n) is 13.1. The fourth-order valence-electron chi connectivity index (χ4n) is 9.42. The highest BCUT2D eigenvalue weighted by molar-refractivity contribution is 5.77. The highest BCUT2D eigenvalue weighted by Gasteiger charge is 2.71. The minimum atomic E-state index is -1.62. The Kier molecular flexibility index (Phi) is 5.97. The van der Waals surface area contributed by atoms with Crippen LogP contribution in [-0.4, -0.2) is 85.1 Å². The molecule has 0 radical (unpaired) electrons. The molecule has 1 spiro atoms. The van der Waals surface area contributed by atoms with Gasteiger partial charge in [-0.1, -0.05) is 13.3 Å². The van der Waals surface area contributed by atoms with Crippen LogP contribution in [0.1, 0.15) is 78.6 Å². The fourth-order valence-corrected chi connectivity index (χ4v) is 9.42. The number of fused-ring (bicyclic) bond motifs is 3. The summed E-state index contributed by atoms with van der Waals surface area (Å²) in [4.78, 5) is 13.7. The number of hydrogen-bond acceptors (Lipinski definition) is 9. The molecule has 6 unspecified atom stereocenters. The Hall–Kier alpha value is -0.810. The lowest BCUT2D eigenvalue weighted by Gasteiger charge is -2.63. The number of rotatable bonds is 3. The van der Waals surface area contributed by atoms with E-state index >= 15 is 0 Å². The molecule has 35 heavy (non-hydrogen) atoms. The monoisotopic (exact) mass is 498 g/mol. The summed E-state index contributed by atoms with van der Waals surface area (Å²) in [6.45, 7) is 5.36. The molecular weight excluding hydrogens is 456 g/mol. The minimum absolute atomic E-state index is 0.0218. The topological polar surface area (TPSA) is 157 Å². The summed E-state index contributed by atoms with van der Waals surface area (Å²) in [7, 11) is 0. The first-order valence-electron chi connectivity index (χ1n) is 13.2. The third-order valence-corrected chi connectivity index (χ3v) is 11.2. The number of carbonyl (C=O) groups is 1. The summed E-state index contributed by atoms with van der Waals surface area (Å²) in [6.07, 6.45) is -0.761. The summed E-state index contributed by atoms with van der Waals surface area (Å²) in [6, 6.07) is 0. The number of aliphatic hydroxyl groups is 6. The van der Waals surface area contributed by atoms with Gasteiger partial charge in [0.1, 0.15) is 24.4 Å². The van der Waals surface area contributed by atoms with Crippen LogP contribution < -0.4 is 0 Å². The van der Waals surface area contributed by atoms with Crippen molar-refractivity contribution in [2.45, 2.75) is 120 Å². The van der Waals surface area contributed by atoms with Gasteiger partial charge in [-0.2, -0.15) is 0 Å². The minimum Gasteiger partial charge on any atom is -0.432 e. The van der Waals surface area contributed by atoms with Gasteiger partial charge in [0.15, 0.2) is 0 Å². The molecule has 12 atom stereocenters. The van der Waals surface area contributed by atoms with Gasteiger partial charge in [0.25, 0.3) is 0 Å². The fraction of sp³-hybridized carbons (Fsp3) is 0.962. The third-order valence-electron chi connectivity index (χ3n) is 11.2. The van der Waals surface area contributed by atoms with Crippen molar-refractivity contribution in [2.24, 2.45) is 28.1 Å². The maximum absolute atomic E-state index is 13.7. The van der Waals surface area contributed by atoms with Crippen LogP contribution in [0.4, 0.5) is 0 Å². The Morgan fingerprint density at radius 1 is 0.914 bits per heavy atom. The largest absolute Gasteiger partial charge is 0.432 e. The zero-order chi connectivity index (χ0) is 25.6. The highest BCUT2D eigenvalue weighted by atomic mass is 16.7. The van der Waals surface area contributed by atoms with Crippen LogP contribution >= 0.6 is 0 Å². The van der Waals surface area contributed by atoms with E-state index in [2.05, 4.69) is 6.92 Å². The Balaban J connectivity index is 1.39. The van der Waals surface area contributed by atoms with Gasteiger partial charge in [-0.3, -0.25) is 4.79 Å². The Morgan fingerprint density at radius 2 is 1.60 bits per heavy atom. The predicted octanol–water partition coefficient (Wildman–Crippen LogP) is 0.608. The maximum atomic E-state index is 13.7. The van der Waals surface area contributed by atoms with E-state index in [1.165, 1.54) is 0 Å². The molecule has 1 saturated heterocycles. The van der Waals surface area contributed by atoms with Crippen LogP contribution in [0, 0.1) is 28.1 Å². The van der Waals surface area contributed by atoms with Crippen LogP contribution in [0.5, 0.6) is 0 Å². The van der Waals surface area contributed by atoms with Gasteiger partial charge in [-0.15, -0.1) is 0 Å². The molecule has 4 aliphatic carbocycles. The van der Waals surface area contributed by atoms with Crippen LogP contribution in [0.2, 0.25) is 0 Å². The number of hydrogen-bond donors (Lipinski definition) is 6. The van der Waals surface area contributed by atoms with Gasteiger partial charge in [0.05, 0.1) is 23.2 Å². The molecule has 5 fully saturated rings. The van der Waals surface area contributed by atoms with Crippen molar-refractivity contribution in [3.63, 3.8) is 0 Å². The van der Waals surface area contributed by atoms with Crippen molar-refractivity contribution in [1.29, 1.82) is 0 Å². The lowest BCUT2D eigenvalue weighted by atomic mass is 9.41. The lowest BCUT2D eigenvalue weighted by molar-refractivity contribution is -0.298. The summed E-state index contributed by atoms with van der Waals surface area (Å²) >= 11 is 0. The average Bonchev–Trinajstić information content (AvgIpc) is 2.92.